The van der Waals surface area contributed by atoms with Gasteiger partial charge in [0.2, 0.25) is 0 Å². The van der Waals surface area contributed by atoms with Crippen molar-refractivity contribution in [3.8, 4) is 0 Å². The monoisotopic (exact) mass is 368 g/mol. The summed E-state index contributed by atoms with van der Waals surface area (Å²) in [7, 11) is 1.65. The van der Waals surface area contributed by atoms with Gasteiger partial charge in [-0.2, -0.15) is 0 Å². The zero-order chi connectivity index (χ0) is 18.9. The predicted octanol–water partition coefficient (Wildman–Crippen LogP) is 3.58. The zero-order valence-electron chi connectivity index (χ0n) is 15.9. The Kier molecular flexibility index (Phi) is 7.04. The molecule has 144 valence electrons. The third-order valence-corrected chi connectivity index (χ3v) is 4.70. The molecule has 2 aromatic rings. The van der Waals surface area contributed by atoms with Gasteiger partial charge < -0.3 is 20.3 Å². The van der Waals surface area contributed by atoms with Gasteiger partial charge in [0.1, 0.15) is 5.82 Å². The predicted molar refractivity (Wildman–Crippen MR) is 109 cm³/mol. The highest BCUT2D eigenvalue weighted by Crippen LogP contribution is 2.23. The number of aromatic nitrogens is 1. The number of piperidine rings is 1. The standard InChI is InChI=1S/C21H28N4O2/c1-27-15-5-12-22-21(26)17-6-11-20(23-16-17)24-18-7-9-19(10-8-18)25-13-3-2-4-14-25/h6-11,16H,2-5,12-15H2,1H3,(H,22,26)(H,23,24). The maximum absolute atomic E-state index is 12.0. The van der Waals surface area contributed by atoms with Crippen LogP contribution in [-0.4, -0.2) is 44.2 Å². The van der Waals surface area contributed by atoms with Crippen LogP contribution in [-0.2, 0) is 4.74 Å². The number of methoxy groups -OCH3 is 1. The number of hydrogen-bond donors (Lipinski definition) is 2. The number of amides is 1. The number of ether oxygens (including phenoxy) is 1. The Morgan fingerprint density at radius 1 is 1.11 bits per heavy atom. The van der Waals surface area contributed by atoms with E-state index in [1.54, 1.807) is 19.4 Å². The number of hydrogen-bond acceptors (Lipinski definition) is 5. The van der Waals surface area contributed by atoms with Crippen molar-refractivity contribution in [3.05, 3.63) is 48.2 Å². The van der Waals surface area contributed by atoms with Crippen LogP contribution >= 0.6 is 0 Å². The molecule has 1 aromatic heterocycles. The maximum Gasteiger partial charge on any atom is 0.252 e. The average molecular weight is 368 g/mol. The Hall–Kier alpha value is -2.60. The van der Waals surface area contributed by atoms with Crippen LogP contribution in [0.3, 0.4) is 0 Å². The summed E-state index contributed by atoms with van der Waals surface area (Å²) >= 11 is 0. The lowest BCUT2D eigenvalue weighted by Crippen LogP contribution is -2.29. The van der Waals surface area contributed by atoms with E-state index in [2.05, 4.69) is 44.8 Å². The molecular formula is C21H28N4O2. The number of rotatable bonds is 8. The Bertz CT molecular complexity index is 710. The molecule has 0 spiro atoms. The van der Waals surface area contributed by atoms with E-state index < -0.39 is 0 Å². The molecule has 1 aromatic carbocycles. The fourth-order valence-corrected chi connectivity index (χ4v) is 3.18. The van der Waals surface area contributed by atoms with E-state index in [1.807, 2.05) is 6.07 Å². The number of anilines is 3. The van der Waals surface area contributed by atoms with E-state index in [9.17, 15) is 4.79 Å². The molecule has 1 amide bonds. The second kappa shape index (κ2) is 9.92. The lowest BCUT2D eigenvalue weighted by molar-refractivity contribution is 0.0948. The molecule has 2 N–H and O–H groups in total. The van der Waals surface area contributed by atoms with Gasteiger partial charge >= 0.3 is 0 Å². The third-order valence-electron chi connectivity index (χ3n) is 4.70. The van der Waals surface area contributed by atoms with Gasteiger partial charge in [-0.3, -0.25) is 4.79 Å². The van der Waals surface area contributed by atoms with Gasteiger partial charge in [-0.1, -0.05) is 0 Å². The summed E-state index contributed by atoms with van der Waals surface area (Å²) in [6, 6.07) is 12.0. The molecule has 0 atom stereocenters. The molecule has 0 aliphatic carbocycles. The fourth-order valence-electron chi connectivity index (χ4n) is 3.18. The first-order valence-corrected chi connectivity index (χ1v) is 9.61. The smallest absolute Gasteiger partial charge is 0.252 e. The van der Waals surface area contributed by atoms with Crippen molar-refractivity contribution in [2.24, 2.45) is 0 Å². The highest BCUT2D eigenvalue weighted by atomic mass is 16.5. The van der Waals surface area contributed by atoms with Crippen molar-refractivity contribution in [2.75, 3.05) is 43.6 Å². The molecule has 3 rings (SSSR count). The SMILES string of the molecule is COCCCNC(=O)c1ccc(Nc2ccc(N3CCCCC3)cc2)nc1. The van der Waals surface area contributed by atoms with E-state index in [0.717, 1.165) is 31.0 Å². The van der Waals surface area contributed by atoms with Crippen LogP contribution in [0.25, 0.3) is 0 Å². The molecule has 27 heavy (non-hydrogen) atoms. The average Bonchev–Trinajstić information content (AvgIpc) is 2.73. The molecule has 1 aliphatic heterocycles. The van der Waals surface area contributed by atoms with E-state index >= 15 is 0 Å². The Morgan fingerprint density at radius 2 is 1.89 bits per heavy atom. The van der Waals surface area contributed by atoms with Crippen molar-refractivity contribution in [1.82, 2.24) is 10.3 Å². The summed E-state index contributed by atoms with van der Waals surface area (Å²) in [4.78, 5) is 18.8. The first kappa shape index (κ1) is 19.2. The number of carbonyl (C=O) groups excluding carboxylic acids is 1. The number of pyridine rings is 1. The third kappa shape index (κ3) is 5.69. The normalized spacial score (nSPS) is 14.0. The second-order valence-corrected chi connectivity index (χ2v) is 6.75. The van der Waals surface area contributed by atoms with Gasteiger partial charge in [0, 0.05) is 50.9 Å². The van der Waals surface area contributed by atoms with Gasteiger partial charge in [0.15, 0.2) is 0 Å². The van der Waals surface area contributed by atoms with Crippen LogP contribution in [0.5, 0.6) is 0 Å². The summed E-state index contributed by atoms with van der Waals surface area (Å²) in [6.45, 7) is 3.51. The van der Waals surface area contributed by atoms with Gasteiger partial charge in [-0.25, -0.2) is 4.98 Å². The minimum atomic E-state index is -0.115. The molecule has 0 unspecified atom stereocenters. The van der Waals surface area contributed by atoms with Crippen molar-refractivity contribution in [1.29, 1.82) is 0 Å². The molecule has 6 nitrogen and oxygen atoms in total. The van der Waals surface area contributed by atoms with Crippen LogP contribution in [0, 0.1) is 0 Å². The van der Waals surface area contributed by atoms with Crippen LogP contribution < -0.4 is 15.5 Å². The van der Waals surface area contributed by atoms with Crippen LogP contribution in [0.2, 0.25) is 0 Å². The molecule has 1 saturated heterocycles. The molecule has 0 radical (unpaired) electrons. The Balaban J connectivity index is 1.52. The summed E-state index contributed by atoms with van der Waals surface area (Å²) in [6.07, 6.45) is 6.27. The zero-order valence-corrected chi connectivity index (χ0v) is 15.9. The lowest BCUT2D eigenvalue weighted by Gasteiger charge is -2.28. The van der Waals surface area contributed by atoms with Crippen LogP contribution in [0.1, 0.15) is 36.0 Å². The van der Waals surface area contributed by atoms with Gasteiger partial charge in [-0.15, -0.1) is 0 Å². The quantitative estimate of drug-likeness (QED) is 0.697. The number of benzene rings is 1. The van der Waals surface area contributed by atoms with Gasteiger partial charge in [0.05, 0.1) is 5.56 Å². The Morgan fingerprint density at radius 3 is 2.56 bits per heavy atom. The number of nitrogens with one attached hydrogen (secondary N) is 2. The van der Waals surface area contributed by atoms with Gasteiger partial charge in [0.25, 0.3) is 5.91 Å². The molecule has 1 aliphatic rings. The summed E-state index contributed by atoms with van der Waals surface area (Å²) in [5, 5.41) is 6.14. The summed E-state index contributed by atoms with van der Waals surface area (Å²) in [5.41, 5.74) is 2.81. The summed E-state index contributed by atoms with van der Waals surface area (Å²) in [5.74, 6) is 0.604. The second-order valence-electron chi connectivity index (χ2n) is 6.75. The summed E-state index contributed by atoms with van der Waals surface area (Å²) < 4.78 is 4.97. The van der Waals surface area contributed by atoms with Crippen LogP contribution in [0.15, 0.2) is 42.6 Å². The van der Waals surface area contributed by atoms with Crippen molar-refractivity contribution in [3.63, 3.8) is 0 Å². The fraction of sp³-hybridized carbons (Fsp3) is 0.429. The first-order chi connectivity index (χ1) is 13.3. The first-order valence-electron chi connectivity index (χ1n) is 9.61. The minimum absolute atomic E-state index is 0.115. The van der Waals surface area contributed by atoms with Crippen molar-refractivity contribution >= 4 is 23.1 Å². The molecule has 0 saturated carbocycles. The molecule has 1 fully saturated rings. The van der Waals surface area contributed by atoms with Crippen LogP contribution in [0.4, 0.5) is 17.2 Å². The largest absolute Gasteiger partial charge is 0.385 e. The molecule has 0 bridgehead atoms. The Labute approximate surface area is 160 Å². The van der Waals surface area contributed by atoms with E-state index in [4.69, 9.17) is 4.74 Å². The van der Waals surface area contributed by atoms with E-state index in [1.165, 1.54) is 24.9 Å². The maximum atomic E-state index is 12.0. The molecule has 2 heterocycles. The number of carbonyl (C=O) groups is 1. The topological polar surface area (TPSA) is 66.5 Å². The van der Waals surface area contributed by atoms with Gasteiger partial charge in [-0.05, 0) is 62.1 Å². The highest BCUT2D eigenvalue weighted by Gasteiger charge is 2.10. The van der Waals surface area contributed by atoms with Crippen molar-refractivity contribution < 1.29 is 9.53 Å². The highest BCUT2D eigenvalue weighted by molar-refractivity contribution is 5.94. The number of nitrogens with zero attached hydrogens (tertiary/aromatic N) is 2. The van der Waals surface area contributed by atoms with Crippen molar-refractivity contribution in [2.45, 2.75) is 25.7 Å². The minimum Gasteiger partial charge on any atom is -0.385 e. The molecular weight excluding hydrogens is 340 g/mol. The lowest BCUT2D eigenvalue weighted by atomic mass is 10.1. The van der Waals surface area contributed by atoms with E-state index in [-0.39, 0.29) is 5.91 Å². The van der Waals surface area contributed by atoms with E-state index in [0.29, 0.717) is 18.7 Å². The molecule has 6 heteroatoms.